The molecule has 0 saturated heterocycles. The normalized spacial score (nSPS) is 9.64. The van der Waals surface area contributed by atoms with Crippen LogP contribution in [0.25, 0.3) is 0 Å². The van der Waals surface area contributed by atoms with Crippen molar-refractivity contribution in [2.24, 2.45) is 17.6 Å². The predicted octanol–water partition coefficient (Wildman–Crippen LogP) is 5.35. The molecule has 0 saturated carbocycles. The zero-order chi connectivity index (χ0) is 16.8. The quantitative estimate of drug-likeness (QED) is 0.809. The van der Waals surface area contributed by atoms with Crippen LogP contribution in [0.15, 0.2) is 60.7 Å². The fraction of sp³-hybridized carbons (Fsp3) is 0.429. The Bertz CT molecular complexity index is 400. The summed E-state index contributed by atoms with van der Waals surface area (Å²) in [7, 11) is 1.50. The summed E-state index contributed by atoms with van der Waals surface area (Å²) in [5, 5.41) is 0. The number of hydrogen-bond donors (Lipinski definition) is 1. The molecule has 2 N–H and O–H groups in total. The van der Waals surface area contributed by atoms with Crippen LogP contribution in [-0.4, -0.2) is 7.05 Å². The first-order valence-corrected chi connectivity index (χ1v) is 8.23. The van der Waals surface area contributed by atoms with Crippen molar-refractivity contribution in [3.05, 3.63) is 71.8 Å². The number of hydrogen-bond acceptors (Lipinski definition) is 1. The van der Waals surface area contributed by atoms with Crippen LogP contribution in [0.1, 0.15) is 38.8 Å². The minimum Gasteiger partial charge on any atom is -0.333 e. The van der Waals surface area contributed by atoms with Crippen LogP contribution in [0.4, 0.5) is 0 Å². The van der Waals surface area contributed by atoms with E-state index in [0.717, 1.165) is 11.8 Å². The van der Waals surface area contributed by atoms with Gasteiger partial charge in [0.05, 0.1) is 0 Å². The van der Waals surface area contributed by atoms with Gasteiger partial charge in [-0.3, -0.25) is 0 Å². The number of benzene rings is 2. The standard InChI is InChI=1S/2C10H14.CH5N/c2*1-9(2)8-10-6-4-3-5-7-10;1-2/h2*3-7,9H,8H2,1-2H3;2H2,1H3. The average Bonchev–Trinajstić information content (AvgIpc) is 2.51. The van der Waals surface area contributed by atoms with E-state index < -0.39 is 0 Å². The Hall–Kier alpha value is -1.60. The SMILES string of the molecule is CC(C)Cc1ccccc1.CC(C)Cc1ccccc1.CN. The lowest BCUT2D eigenvalue weighted by atomic mass is 10.0. The minimum atomic E-state index is 0.766. The summed E-state index contributed by atoms with van der Waals surface area (Å²) in [4.78, 5) is 0. The van der Waals surface area contributed by atoms with Gasteiger partial charge in [-0.2, -0.15) is 0 Å². The van der Waals surface area contributed by atoms with Gasteiger partial charge in [-0.1, -0.05) is 88.4 Å². The highest BCUT2D eigenvalue weighted by molar-refractivity contribution is 5.15. The van der Waals surface area contributed by atoms with Gasteiger partial charge in [0.15, 0.2) is 0 Å². The van der Waals surface area contributed by atoms with Gasteiger partial charge in [0.25, 0.3) is 0 Å². The highest BCUT2D eigenvalue weighted by atomic mass is 14.4. The first kappa shape index (κ1) is 20.4. The molecule has 0 atom stereocenters. The van der Waals surface area contributed by atoms with Crippen LogP contribution in [0.2, 0.25) is 0 Å². The van der Waals surface area contributed by atoms with E-state index in [2.05, 4.69) is 94.1 Å². The molecule has 0 amide bonds. The zero-order valence-electron chi connectivity index (χ0n) is 14.9. The van der Waals surface area contributed by atoms with Crippen molar-refractivity contribution in [1.29, 1.82) is 0 Å². The molecule has 122 valence electrons. The van der Waals surface area contributed by atoms with Crippen LogP contribution in [-0.2, 0) is 12.8 Å². The summed E-state index contributed by atoms with van der Waals surface area (Å²) < 4.78 is 0. The predicted molar refractivity (Wildman–Crippen MR) is 100 cm³/mol. The molecule has 0 aliphatic rings. The maximum Gasteiger partial charge on any atom is -0.0195 e. The van der Waals surface area contributed by atoms with Gasteiger partial charge in [0.2, 0.25) is 0 Å². The third kappa shape index (κ3) is 11.1. The molecule has 0 unspecified atom stereocenters. The van der Waals surface area contributed by atoms with Crippen LogP contribution in [0, 0.1) is 11.8 Å². The first-order chi connectivity index (χ1) is 10.6. The van der Waals surface area contributed by atoms with Gasteiger partial charge in [0.1, 0.15) is 0 Å². The second kappa shape index (κ2) is 13.1. The Balaban J connectivity index is 0.000000360. The van der Waals surface area contributed by atoms with E-state index >= 15 is 0 Å². The maximum absolute atomic E-state index is 4.50. The summed E-state index contributed by atoms with van der Waals surface area (Å²) >= 11 is 0. The third-order valence-corrected chi connectivity index (χ3v) is 2.97. The van der Waals surface area contributed by atoms with Crippen LogP contribution < -0.4 is 5.73 Å². The lowest BCUT2D eigenvalue weighted by molar-refractivity contribution is 0.647. The Kier molecular flexibility index (Phi) is 12.1. The van der Waals surface area contributed by atoms with E-state index in [1.165, 1.54) is 31.0 Å². The molecule has 1 nitrogen and oxygen atoms in total. The van der Waals surface area contributed by atoms with Gasteiger partial charge >= 0.3 is 0 Å². The van der Waals surface area contributed by atoms with E-state index in [9.17, 15) is 0 Å². The smallest absolute Gasteiger partial charge is 0.0195 e. The topological polar surface area (TPSA) is 26.0 Å². The van der Waals surface area contributed by atoms with E-state index in [4.69, 9.17) is 0 Å². The van der Waals surface area contributed by atoms with Crippen molar-refractivity contribution in [2.75, 3.05) is 7.05 Å². The number of nitrogens with two attached hydrogens (primary N) is 1. The van der Waals surface area contributed by atoms with Crippen molar-refractivity contribution in [3.8, 4) is 0 Å². The third-order valence-electron chi connectivity index (χ3n) is 2.97. The molecule has 0 aromatic heterocycles. The lowest BCUT2D eigenvalue weighted by Gasteiger charge is -2.02. The largest absolute Gasteiger partial charge is 0.333 e. The van der Waals surface area contributed by atoms with Crippen molar-refractivity contribution in [2.45, 2.75) is 40.5 Å². The first-order valence-electron chi connectivity index (χ1n) is 8.23. The van der Waals surface area contributed by atoms with Crippen molar-refractivity contribution >= 4 is 0 Å². The molecule has 0 aliphatic heterocycles. The lowest BCUT2D eigenvalue weighted by Crippen LogP contribution is -1.92. The molecule has 0 spiro atoms. The monoisotopic (exact) mass is 299 g/mol. The van der Waals surface area contributed by atoms with Crippen LogP contribution in [0.3, 0.4) is 0 Å². The van der Waals surface area contributed by atoms with Gasteiger partial charge in [-0.05, 0) is 42.9 Å². The van der Waals surface area contributed by atoms with Gasteiger partial charge in [-0.15, -0.1) is 0 Å². The average molecular weight is 300 g/mol. The molecule has 22 heavy (non-hydrogen) atoms. The molecule has 2 rings (SSSR count). The van der Waals surface area contributed by atoms with Crippen molar-refractivity contribution < 1.29 is 0 Å². The van der Waals surface area contributed by atoms with E-state index in [1.807, 2.05) is 0 Å². The Morgan fingerprint density at radius 1 is 0.591 bits per heavy atom. The van der Waals surface area contributed by atoms with E-state index in [0.29, 0.717) is 0 Å². The Morgan fingerprint density at radius 3 is 1.09 bits per heavy atom. The van der Waals surface area contributed by atoms with Crippen LogP contribution in [0.5, 0.6) is 0 Å². The number of rotatable bonds is 4. The van der Waals surface area contributed by atoms with Gasteiger partial charge < -0.3 is 5.73 Å². The molecular formula is C21H33N. The van der Waals surface area contributed by atoms with Crippen molar-refractivity contribution in [3.63, 3.8) is 0 Å². The maximum atomic E-state index is 4.50. The molecular weight excluding hydrogens is 266 g/mol. The Labute approximate surface area is 137 Å². The fourth-order valence-corrected chi connectivity index (χ4v) is 2.17. The summed E-state index contributed by atoms with van der Waals surface area (Å²) in [6.07, 6.45) is 2.39. The molecule has 0 heterocycles. The molecule has 0 radical (unpaired) electrons. The molecule has 2 aromatic rings. The molecule has 0 fully saturated rings. The van der Waals surface area contributed by atoms with Crippen molar-refractivity contribution in [1.82, 2.24) is 0 Å². The molecule has 0 bridgehead atoms. The zero-order valence-corrected chi connectivity index (χ0v) is 14.9. The Morgan fingerprint density at radius 2 is 0.864 bits per heavy atom. The second-order valence-electron chi connectivity index (χ2n) is 6.17. The summed E-state index contributed by atoms with van der Waals surface area (Å²) in [5.74, 6) is 1.53. The molecule has 2 aromatic carbocycles. The fourth-order valence-electron chi connectivity index (χ4n) is 2.17. The highest BCUT2D eigenvalue weighted by Gasteiger charge is 1.94. The van der Waals surface area contributed by atoms with E-state index in [-0.39, 0.29) is 0 Å². The molecule has 0 aliphatic carbocycles. The summed E-state index contributed by atoms with van der Waals surface area (Å²) in [5.41, 5.74) is 7.38. The molecule has 1 heteroatoms. The van der Waals surface area contributed by atoms with Gasteiger partial charge in [0, 0.05) is 0 Å². The van der Waals surface area contributed by atoms with E-state index in [1.54, 1.807) is 0 Å². The van der Waals surface area contributed by atoms with Crippen LogP contribution >= 0.6 is 0 Å². The second-order valence-corrected chi connectivity index (χ2v) is 6.17. The van der Waals surface area contributed by atoms with Gasteiger partial charge in [-0.25, -0.2) is 0 Å². The highest BCUT2D eigenvalue weighted by Crippen LogP contribution is 2.06. The summed E-state index contributed by atoms with van der Waals surface area (Å²) in [6, 6.07) is 21.2. The summed E-state index contributed by atoms with van der Waals surface area (Å²) in [6.45, 7) is 8.97. The minimum absolute atomic E-state index is 0.766.